The van der Waals surface area contributed by atoms with Crippen molar-refractivity contribution in [3.63, 3.8) is 0 Å². The van der Waals surface area contributed by atoms with Gasteiger partial charge in [0, 0.05) is 19.5 Å². The predicted molar refractivity (Wildman–Crippen MR) is 117 cm³/mol. The third-order valence-corrected chi connectivity index (χ3v) is 5.60. The lowest BCUT2D eigenvalue weighted by molar-refractivity contribution is -0.121. The molecule has 0 saturated heterocycles. The zero-order valence-electron chi connectivity index (χ0n) is 17.1. The van der Waals surface area contributed by atoms with Crippen molar-refractivity contribution in [2.75, 3.05) is 30.3 Å². The number of nitrogens with one attached hydrogen (secondary N) is 1. The minimum atomic E-state index is -3.38. The van der Waals surface area contributed by atoms with Crippen molar-refractivity contribution in [1.82, 2.24) is 5.32 Å². The predicted octanol–water partition coefficient (Wildman–Crippen LogP) is 3.38. The summed E-state index contributed by atoms with van der Waals surface area (Å²) in [5, 5.41) is 2.91. The number of para-hydroxylation sites is 1. The van der Waals surface area contributed by atoms with Gasteiger partial charge in [0.25, 0.3) is 0 Å². The van der Waals surface area contributed by atoms with Crippen LogP contribution in [0.25, 0.3) is 0 Å². The van der Waals surface area contributed by atoms with E-state index in [1.54, 1.807) is 24.3 Å². The molecule has 2 aromatic carbocycles. The summed E-state index contributed by atoms with van der Waals surface area (Å²) in [6.45, 7) is 3.48. The van der Waals surface area contributed by atoms with Crippen LogP contribution in [0.4, 0.5) is 5.69 Å². The summed E-state index contributed by atoms with van der Waals surface area (Å²) in [5.41, 5.74) is 1.82. The number of ether oxygens (including phenoxy) is 1. The van der Waals surface area contributed by atoms with Gasteiger partial charge >= 0.3 is 0 Å². The maximum Gasteiger partial charge on any atom is 0.232 e. The zero-order chi connectivity index (χ0) is 21.1. The molecule has 0 aliphatic carbocycles. The SMILES string of the molecule is CCOc1ccc(CCCNC(=O)CCCN(c2ccccc2)S(C)(=O)=O)cc1. The van der Waals surface area contributed by atoms with Crippen LogP contribution in [0.2, 0.25) is 0 Å². The lowest BCUT2D eigenvalue weighted by atomic mass is 10.1. The summed E-state index contributed by atoms with van der Waals surface area (Å²) in [6.07, 6.45) is 3.66. The first kappa shape index (κ1) is 22.7. The molecule has 2 rings (SSSR count). The van der Waals surface area contributed by atoms with Gasteiger partial charge in [0.05, 0.1) is 18.6 Å². The van der Waals surface area contributed by atoms with Crippen molar-refractivity contribution < 1.29 is 17.9 Å². The van der Waals surface area contributed by atoms with Crippen molar-refractivity contribution in [1.29, 1.82) is 0 Å². The van der Waals surface area contributed by atoms with E-state index in [1.807, 2.05) is 37.3 Å². The third kappa shape index (κ3) is 8.15. The number of hydrogen-bond acceptors (Lipinski definition) is 4. The van der Waals surface area contributed by atoms with Gasteiger partial charge in [0.15, 0.2) is 0 Å². The smallest absolute Gasteiger partial charge is 0.232 e. The van der Waals surface area contributed by atoms with Gasteiger partial charge in [-0.2, -0.15) is 0 Å². The molecule has 158 valence electrons. The normalized spacial score (nSPS) is 11.1. The Kier molecular flexibility index (Phi) is 8.99. The Bertz CT molecular complexity index is 852. The van der Waals surface area contributed by atoms with Gasteiger partial charge in [0.2, 0.25) is 15.9 Å². The van der Waals surface area contributed by atoms with Gasteiger partial charge in [-0.15, -0.1) is 0 Å². The number of aryl methyl sites for hydroxylation is 1. The molecule has 7 heteroatoms. The molecule has 0 aliphatic heterocycles. The van der Waals surface area contributed by atoms with Crippen LogP contribution in [-0.2, 0) is 21.2 Å². The van der Waals surface area contributed by atoms with Crippen LogP contribution in [0.1, 0.15) is 31.7 Å². The molecule has 0 spiro atoms. The highest BCUT2D eigenvalue weighted by Gasteiger charge is 2.17. The number of benzene rings is 2. The van der Waals surface area contributed by atoms with E-state index in [0.717, 1.165) is 18.6 Å². The van der Waals surface area contributed by atoms with E-state index < -0.39 is 10.0 Å². The molecule has 0 fully saturated rings. The monoisotopic (exact) mass is 418 g/mol. The molecule has 0 heterocycles. The van der Waals surface area contributed by atoms with Crippen LogP contribution in [0, 0.1) is 0 Å². The van der Waals surface area contributed by atoms with E-state index in [4.69, 9.17) is 4.74 Å². The maximum absolute atomic E-state index is 12.0. The molecule has 0 radical (unpaired) electrons. The number of hydrogen-bond donors (Lipinski definition) is 1. The van der Waals surface area contributed by atoms with Gasteiger partial charge in [-0.3, -0.25) is 9.10 Å². The first-order valence-corrected chi connectivity index (χ1v) is 11.8. The first-order chi connectivity index (χ1) is 13.9. The minimum absolute atomic E-state index is 0.0572. The fourth-order valence-electron chi connectivity index (χ4n) is 2.99. The number of amides is 1. The molecule has 0 aliphatic rings. The summed E-state index contributed by atoms with van der Waals surface area (Å²) in [6, 6.07) is 16.9. The Morgan fingerprint density at radius 2 is 1.72 bits per heavy atom. The highest BCUT2D eigenvalue weighted by Crippen LogP contribution is 2.17. The molecule has 1 amide bonds. The molecule has 0 unspecified atom stereocenters. The molecule has 2 aromatic rings. The molecule has 0 aromatic heterocycles. The van der Waals surface area contributed by atoms with E-state index in [9.17, 15) is 13.2 Å². The Hall–Kier alpha value is -2.54. The van der Waals surface area contributed by atoms with Gasteiger partial charge in [-0.1, -0.05) is 30.3 Å². The Morgan fingerprint density at radius 1 is 1.03 bits per heavy atom. The van der Waals surface area contributed by atoms with Crippen molar-refractivity contribution in [3.05, 3.63) is 60.2 Å². The molecular weight excluding hydrogens is 388 g/mol. The van der Waals surface area contributed by atoms with Crippen molar-refractivity contribution in [3.8, 4) is 5.75 Å². The maximum atomic E-state index is 12.0. The minimum Gasteiger partial charge on any atom is -0.494 e. The van der Waals surface area contributed by atoms with Gasteiger partial charge in [-0.05, 0) is 56.0 Å². The standard InChI is InChI=1S/C22H30N2O4S/c1-3-28-21-15-13-19(14-16-21)9-7-17-23-22(25)12-8-18-24(29(2,26)27)20-10-5-4-6-11-20/h4-6,10-11,13-16H,3,7-9,12,17-18H2,1-2H3,(H,23,25). The number of rotatable bonds is 12. The Balaban J connectivity index is 1.68. The van der Waals surface area contributed by atoms with Crippen LogP contribution in [0.15, 0.2) is 54.6 Å². The molecule has 29 heavy (non-hydrogen) atoms. The van der Waals surface area contributed by atoms with E-state index in [2.05, 4.69) is 5.32 Å². The first-order valence-electron chi connectivity index (χ1n) is 9.91. The van der Waals surface area contributed by atoms with Crippen molar-refractivity contribution in [2.24, 2.45) is 0 Å². The average Bonchev–Trinajstić information content (AvgIpc) is 2.70. The second-order valence-corrected chi connectivity index (χ2v) is 8.71. The molecular formula is C22H30N2O4S. The second-order valence-electron chi connectivity index (χ2n) is 6.80. The number of carbonyl (C=O) groups is 1. The van der Waals surface area contributed by atoms with Crippen molar-refractivity contribution in [2.45, 2.75) is 32.6 Å². The number of nitrogens with zero attached hydrogens (tertiary/aromatic N) is 1. The third-order valence-electron chi connectivity index (χ3n) is 4.41. The van der Waals surface area contributed by atoms with E-state index in [1.165, 1.54) is 16.1 Å². The lowest BCUT2D eigenvalue weighted by Gasteiger charge is -2.22. The highest BCUT2D eigenvalue weighted by atomic mass is 32.2. The number of carbonyl (C=O) groups excluding carboxylic acids is 1. The van der Waals surface area contributed by atoms with E-state index >= 15 is 0 Å². The van der Waals surface area contributed by atoms with Crippen LogP contribution in [-0.4, -0.2) is 40.3 Å². The summed E-state index contributed by atoms with van der Waals surface area (Å²) in [5.74, 6) is 0.807. The highest BCUT2D eigenvalue weighted by molar-refractivity contribution is 7.92. The van der Waals surface area contributed by atoms with E-state index in [0.29, 0.717) is 31.7 Å². The zero-order valence-corrected chi connectivity index (χ0v) is 18.0. The Labute approximate surface area is 173 Å². The van der Waals surface area contributed by atoms with E-state index in [-0.39, 0.29) is 12.5 Å². The lowest BCUT2D eigenvalue weighted by Crippen LogP contribution is -2.32. The van der Waals surface area contributed by atoms with Crippen LogP contribution >= 0.6 is 0 Å². The second kappa shape index (κ2) is 11.5. The molecule has 0 saturated carbocycles. The van der Waals surface area contributed by atoms with Crippen molar-refractivity contribution >= 4 is 21.6 Å². The van der Waals surface area contributed by atoms with Gasteiger partial charge in [0.1, 0.15) is 5.75 Å². The summed E-state index contributed by atoms with van der Waals surface area (Å²) >= 11 is 0. The van der Waals surface area contributed by atoms with Crippen LogP contribution in [0.5, 0.6) is 5.75 Å². The summed E-state index contributed by atoms with van der Waals surface area (Å²) < 4.78 is 30.8. The molecule has 1 N–H and O–H groups in total. The van der Waals surface area contributed by atoms with Crippen LogP contribution < -0.4 is 14.4 Å². The quantitative estimate of drug-likeness (QED) is 0.536. The average molecular weight is 419 g/mol. The molecule has 0 bridgehead atoms. The Morgan fingerprint density at radius 3 is 2.34 bits per heavy atom. The summed E-state index contributed by atoms with van der Waals surface area (Å²) in [7, 11) is -3.38. The van der Waals surface area contributed by atoms with Gasteiger partial charge < -0.3 is 10.1 Å². The van der Waals surface area contributed by atoms with Crippen LogP contribution in [0.3, 0.4) is 0 Å². The topological polar surface area (TPSA) is 75.7 Å². The molecule has 6 nitrogen and oxygen atoms in total. The largest absolute Gasteiger partial charge is 0.494 e. The fraction of sp³-hybridized carbons (Fsp3) is 0.409. The fourth-order valence-corrected chi connectivity index (χ4v) is 3.96. The number of anilines is 1. The van der Waals surface area contributed by atoms with Gasteiger partial charge in [-0.25, -0.2) is 8.42 Å². The summed E-state index contributed by atoms with van der Waals surface area (Å²) in [4.78, 5) is 12.0. The molecule has 0 atom stereocenters. The number of sulfonamides is 1.